The van der Waals surface area contributed by atoms with Gasteiger partial charge in [-0.2, -0.15) is 0 Å². The summed E-state index contributed by atoms with van der Waals surface area (Å²) in [6.07, 6.45) is 1.06. The van der Waals surface area contributed by atoms with Gasteiger partial charge in [0.2, 0.25) is 0 Å². The molecule has 0 saturated heterocycles. The van der Waals surface area contributed by atoms with Gasteiger partial charge >= 0.3 is 5.97 Å². The molecule has 1 aromatic carbocycles. The van der Waals surface area contributed by atoms with Crippen LogP contribution in [0.3, 0.4) is 0 Å². The molecule has 1 rings (SSSR count). The van der Waals surface area contributed by atoms with Crippen molar-refractivity contribution in [2.75, 3.05) is 0 Å². The molecule has 4 heteroatoms. The zero-order valence-corrected chi connectivity index (χ0v) is 13.9. The lowest BCUT2D eigenvalue weighted by molar-refractivity contribution is -0.130. The first-order valence-corrected chi connectivity index (χ1v) is 7.32. The molecule has 18 heavy (non-hydrogen) atoms. The molecule has 0 fully saturated rings. The van der Waals surface area contributed by atoms with Crippen molar-refractivity contribution in [3.05, 3.63) is 38.8 Å². The van der Waals surface area contributed by atoms with E-state index in [-0.39, 0.29) is 0 Å². The Morgan fingerprint density at radius 2 is 1.89 bits per heavy atom. The first-order valence-electron chi connectivity index (χ1n) is 5.73. The van der Waals surface area contributed by atoms with Crippen molar-refractivity contribution >= 4 is 37.8 Å². The van der Waals surface area contributed by atoms with Crippen LogP contribution in [0, 0.1) is 0 Å². The Morgan fingerprint density at radius 1 is 1.39 bits per heavy atom. The van der Waals surface area contributed by atoms with E-state index in [2.05, 4.69) is 52.3 Å². The summed E-state index contributed by atoms with van der Waals surface area (Å²) in [5.41, 5.74) is 1.58. The number of esters is 1. The summed E-state index contributed by atoms with van der Waals surface area (Å²) >= 11 is 6.87. The highest BCUT2D eigenvalue weighted by atomic mass is 79.9. The molecule has 0 aromatic heterocycles. The molecular formula is C14H16Br2O2. The predicted octanol–water partition coefficient (Wildman–Crippen LogP) is 5.21. The fraction of sp³-hybridized carbons (Fsp3) is 0.357. The van der Waals surface area contributed by atoms with E-state index < -0.39 is 5.97 Å². The van der Waals surface area contributed by atoms with Crippen LogP contribution in [0.15, 0.2) is 33.2 Å². The van der Waals surface area contributed by atoms with Crippen molar-refractivity contribution in [1.29, 1.82) is 0 Å². The second-order valence-electron chi connectivity index (χ2n) is 4.29. The van der Waals surface area contributed by atoms with Gasteiger partial charge in [0, 0.05) is 5.57 Å². The highest BCUT2D eigenvalue weighted by molar-refractivity contribution is 9.11. The Hall–Kier alpha value is -0.610. The van der Waals surface area contributed by atoms with Gasteiger partial charge in [-0.25, -0.2) is 4.79 Å². The van der Waals surface area contributed by atoms with Crippen LogP contribution >= 0.6 is 31.9 Å². The molecule has 0 N–H and O–H groups in total. The van der Waals surface area contributed by atoms with Crippen LogP contribution in [-0.4, -0.2) is 5.97 Å². The number of ether oxygens (including phenoxy) is 1. The number of carbonyl (C=O) groups excluding carboxylic acids is 1. The third kappa shape index (κ3) is 3.69. The maximum absolute atomic E-state index is 11.5. The van der Waals surface area contributed by atoms with E-state index in [1.54, 1.807) is 6.92 Å². The monoisotopic (exact) mass is 374 g/mol. The molecule has 0 saturated carbocycles. The second-order valence-corrected chi connectivity index (χ2v) is 6.00. The third-order valence-electron chi connectivity index (χ3n) is 2.75. The minimum atomic E-state index is -0.423. The van der Waals surface area contributed by atoms with Gasteiger partial charge in [-0.15, -0.1) is 0 Å². The summed E-state index contributed by atoms with van der Waals surface area (Å²) in [7, 11) is 0. The van der Waals surface area contributed by atoms with Gasteiger partial charge in [0.25, 0.3) is 0 Å². The van der Waals surface area contributed by atoms with Crippen molar-refractivity contribution in [3.63, 3.8) is 0 Å². The fourth-order valence-electron chi connectivity index (χ4n) is 1.38. The highest BCUT2D eigenvalue weighted by Gasteiger charge is 2.15. The zero-order chi connectivity index (χ0) is 13.9. The lowest BCUT2D eigenvalue weighted by Crippen LogP contribution is -2.09. The van der Waals surface area contributed by atoms with Gasteiger partial charge in [-0.1, -0.05) is 20.4 Å². The van der Waals surface area contributed by atoms with Crippen molar-refractivity contribution in [2.45, 2.75) is 33.1 Å². The maximum atomic E-state index is 11.5. The molecule has 98 valence electrons. The van der Waals surface area contributed by atoms with Crippen LogP contribution in [0.25, 0.3) is 0 Å². The topological polar surface area (TPSA) is 26.3 Å². The molecular weight excluding hydrogens is 360 g/mol. The average molecular weight is 376 g/mol. The number of carbonyl (C=O) groups is 1. The van der Waals surface area contributed by atoms with Gasteiger partial charge in [-0.05, 0) is 68.8 Å². The van der Waals surface area contributed by atoms with Crippen molar-refractivity contribution in [1.82, 2.24) is 0 Å². The van der Waals surface area contributed by atoms with Crippen molar-refractivity contribution < 1.29 is 9.53 Å². The van der Waals surface area contributed by atoms with Crippen LogP contribution in [0.5, 0.6) is 5.75 Å². The Bertz CT molecular complexity index is 458. The summed E-state index contributed by atoms with van der Waals surface area (Å²) in [6.45, 7) is 9.49. The van der Waals surface area contributed by atoms with E-state index in [9.17, 15) is 4.79 Å². The molecule has 1 atom stereocenters. The van der Waals surface area contributed by atoms with E-state index in [1.165, 1.54) is 5.56 Å². The van der Waals surface area contributed by atoms with E-state index in [4.69, 9.17) is 4.74 Å². The minimum Gasteiger partial charge on any atom is -0.421 e. The molecule has 0 bridgehead atoms. The largest absolute Gasteiger partial charge is 0.421 e. The Balaban J connectivity index is 3.09. The highest BCUT2D eigenvalue weighted by Crippen LogP contribution is 2.37. The van der Waals surface area contributed by atoms with Crippen LogP contribution in [0.2, 0.25) is 0 Å². The van der Waals surface area contributed by atoms with E-state index in [0.717, 1.165) is 15.4 Å². The molecule has 0 aliphatic heterocycles. The van der Waals surface area contributed by atoms with E-state index >= 15 is 0 Å². The number of hydrogen-bond acceptors (Lipinski definition) is 2. The SMILES string of the molecule is C=C(C)C(=O)Oc1c(Br)cc(C(C)CC)cc1Br. The van der Waals surface area contributed by atoms with Gasteiger partial charge < -0.3 is 4.74 Å². The molecule has 0 aliphatic rings. The van der Waals surface area contributed by atoms with Crippen LogP contribution in [0.1, 0.15) is 38.7 Å². The van der Waals surface area contributed by atoms with Gasteiger partial charge in [0.15, 0.2) is 5.75 Å². The van der Waals surface area contributed by atoms with E-state index in [0.29, 0.717) is 17.2 Å². The second kappa shape index (κ2) is 6.53. The summed E-state index contributed by atoms with van der Waals surface area (Å²) in [5.74, 6) is 0.534. The van der Waals surface area contributed by atoms with Gasteiger partial charge in [0.1, 0.15) is 0 Å². The van der Waals surface area contributed by atoms with Crippen LogP contribution in [0.4, 0.5) is 0 Å². The number of benzene rings is 1. The molecule has 1 unspecified atom stereocenters. The normalized spacial score (nSPS) is 12.1. The summed E-state index contributed by atoms with van der Waals surface area (Å²) in [5, 5.41) is 0. The summed E-state index contributed by atoms with van der Waals surface area (Å²) < 4.78 is 6.80. The Kier molecular flexibility index (Phi) is 5.60. The van der Waals surface area contributed by atoms with Gasteiger partial charge in [0.05, 0.1) is 8.95 Å². The standard InChI is InChI=1S/C14H16Br2O2/c1-5-9(4)10-6-11(15)13(12(16)7-10)18-14(17)8(2)3/h6-7,9H,2,5H2,1,3-4H3. The molecule has 0 radical (unpaired) electrons. The summed E-state index contributed by atoms with van der Waals surface area (Å²) in [6, 6.07) is 3.97. The lowest BCUT2D eigenvalue weighted by Gasteiger charge is -2.14. The minimum absolute atomic E-state index is 0.375. The van der Waals surface area contributed by atoms with Crippen molar-refractivity contribution in [2.24, 2.45) is 0 Å². The van der Waals surface area contributed by atoms with E-state index in [1.807, 2.05) is 12.1 Å². The van der Waals surface area contributed by atoms with Crippen LogP contribution in [-0.2, 0) is 4.79 Å². The lowest BCUT2D eigenvalue weighted by atomic mass is 9.99. The smallest absolute Gasteiger partial charge is 0.338 e. The Labute approximate surface area is 125 Å². The third-order valence-corrected chi connectivity index (χ3v) is 3.92. The average Bonchev–Trinajstić information content (AvgIpc) is 2.31. The molecule has 0 heterocycles. The number of halogens is 2. The summed E-state index contributed by atoms with van der Waals surface area (Å²) in [4.78, 5) is 11.5. The number of hydrogen-bond donors (Lipinski definition) is 0. The quantitative estimate of drug-likeness (QED) is 0.410. The van der Waals surface area contributed by atoms with Gasteiger partial charge in [-0.3, -0.25) is 0 Å². The first kappa shape index (κ1) is 15.4. The van der Waals surface area contributed by atoms with Crippen LogP contribution < -0.4 is 4.74 Å². The molecule has 1 aromatic rings. The molecule has 0 aliphatic carbocycles. The molecule has 0 spiro atoms. The fourth-order valence-corrected chi connectivity index (χ4v) is 2.76. The Morgan fingerprint density at radius 3 is 2.28 bits per heavy atom. The first-order chi connectivity index (χ1) is 8.36. The zero-order valence-electron chi connectivity index (χ0n) is 10.7. The molecule has 2 nitrogen and oxygen atoms in total. The number of rotatable bonds is 4. The van der Waals surface area contributed by atoms with Crippen molar-refractivity contribution in [3.8, 4) is 5.75 Å². The predicted molar refractivity (Wildman–Crippen MR) is 81.0 cm³/mol. The molecule has 0 amide bonds. The maximum Gasteiger partial charge on any atom is 0.338 e.